The minimum absolute atomic E-state index is 0.0128. The number of carbonyl (C=O) groups excluding carboxylic acids is 2. The summed E-state index contributed by atoms with van der Waals surface area (Å²) < 4.78 is 38.9. The molecule has 2 saturated heterocycles. The first-order valence-electron chi connectivity index (χ1n) is 11.7. The van der Waals surface area contributed by atoms with Gasteiger partial charge in [0.15, 0.2) is 0 Å². The van der Waals surface area contributed by atoms with E-state index >= 15 is 0 Å². The van der Waals surface area contributed by atoms with Crippen LogP contribution < -0.4 is 10.2 Å². The number of halogens is 3. The van der Waals surface area contributed by atoms with E-state index in [0.29, 0.717) is 38.3 Å². The Hall–Kier alpha value is -2.29. The van der Waals surface area contributed by atoms with Crippen molar-refractivity contribution < 1.29 is 22.8 Å². The van der Waals surface area contributed by atoms with Gasteiger partial charge in [-0.05, 0) is 44.0 Å². The number of benzene rings is 1. The summed E-state index contributed by atoms with van der Waals surface area (Å²) in [6, 6.07) is 5.10. The van der Waals surface area contributed by atoms with Crippen LogP contribution in [0.15, 0.2) is 24.3 Å². The third-order valence-electron chi connectivity index (χ3n) is 6.32. The predicted octanol–water partition coefficient (Wildman–Crippen LogP) is 3.37. The molecule has 3 rings (SSSR count). The molecule has 9 heteroatoms. The molecule has 0 aromatic heterocycles. The zero-order valence-electron chi connectivity index (χ0n) is 19.7. The standard InChI is InChI=1S/C24H35F3N4O2/c1-23(2,3)22(33)31-12-5-9-20(31)21(32)28-10-6-11-29-13-15-30(16-14-29)19-8-4-7-18(17-19)24(25,26)27/h4,7-8,17,20H,5-6,9-16H2,1-3H3,(H,28,32). The lowest BCUT2D eigenvalue weighted by atomic mass is 9.94. The van der Waals surface area contributed by atoms with Gasteiger partial charge in [-0.1, -0.05) is 26.8 Å². The number of alkyl halides is 3. The quantitative estimate of drug-likeness (QED) is 0.651. The van der Waals surface area contributed by atoms with Gasteiger partial charge in [0.25, 0.3) is 0 Å². The maximum atomic E-state index is 13.0. The first-order chi connectivity index (χ1) is 15.5. The topological polar surface area (TPSA) is 55.9 Å². The normalized spacial score (nSPS) is 20.2. The van der Waals surface area contributed by atoms with Crippen LogP contribution in [0, 0.1) is 5.41 Å². The molecule has 6 nitrogen and oxygen atoms in total. The first-order valence-corrected chi connectivity index (χ1v) is 11.7. The number of piperazine rings is 1. The monoisotopic (exact) mass is 468 g/mol. The summed E-state index contributed by atoms with van der Waals surface area (Å²) in [6.07, 6.45) is -2.01. The highest BCUT2D eigenvalue weighted by Crippen LogP contribution is 2.32. The molecule has 1 aromatic rings. The minimum Gasteiger partial charge on any atom is -0.369 e. The van der Waals surface area contributed by atoms with Crippen molar-refractivity contribution in [3.63, 3.8) is 0 Å². The average molecular weight is 469 g/mol. The molecular weight excluding hydrogens is 433 g/mol. The molecule has 33 heavy (non-hydrogen) atoms. The van der Waals surface area contributed by atoms with E-state index in [9.17, 15) is 22.8 Å². The Labute approximate surface area is 194 Å². The van der Waals surface area contributed by atoms with E-state index in [1.807, 2.05) is 25.7 Å². The lowest BCUT2D eigenvalue weighted by Crippen LogP contribution is -2.50. The van der Waals surface area contributed by atoms with Crippen LogP contribution >= 0.6 is 0 Å². The third-order valence-corrected chi connectivity index (χ3v) is 6.32. The number of nitrogens with zero attached hydrogens (tertiary/aromatic N) is 3. The highest BCUT2D eigenvalue weighted by atomic mass is 19.4. The maximum absolute atomic E-state index is 13.0. The molecule has 2 aliphatic heterocycles. The Morgan fingerprint density at radius 2 is 1.76 bits per heavy atom. The summed E-state index contributed by atoms with van der Waals surface area (Å²) in [6.45, 7) is 10.5. The fourth-order valence-electron chi connectivity index (χ4n) is 4.45. The Morgan fingerprint density at radius 1 is 1.06 bits per heavy atom. The molecule has 0 bridgehead atoms. The van der Waals surface area contributed by atoms with Gasteiger partial charge in [-0.3, -0.25) is 14.5 Å². The van der Waals surface area contributed by atoms with Crippen LogP contribution in [0.2, 0.25) is 0 Å². The largest absolute Gasteiger partial charge is 0.416 e. The van der Waals surface area contributed by atoms with Crippen molar-refractivity contribution in [1.29, 1.82) is 0 Å². The summed E-state index contributed by atoms with van der Waals surface area (Å²) in [5, 5.41) is 2.98. The number of amides is 2. The molecule has 2 aliphatic rings. The summed E-state index contributed by atoms with van der Waals surface area (Å²) in [4.78, 5) is 31.2. The summed E-state index contributed by atoms with van der Waals surface area (Å²) >= 11 is 0. The van der Waals surface area contributed by atoms with Gasteiger partial charge in [0, 0.05) is 50.4 Å². The molecule has 1 N–H and O–H groups in total. The summed E-state index contributed by atoms with van der Waals surface area (Å²) in [5.41, 5.74) is -0.523. The molecule has 2 amide bonds. The van der Waals surface area contributed by atoms with E-state index in [4.69, 9.17) is 0 Å². The van der Waals surface area contributed by atoms with E-state index in [1.165, 1.54) is 12.1 Å². The number of carbonyl (C=O) groups is 2. The van der Waals surface area contributed by atoms with Gasteiger partial charge in [0.05, 0.1) is 5.56 Å². The Bertz CT molecular complexity index is 830. The van der Waals surface area contributed by atoms with Gasteiger partial charge in [-0.25, -0.2) is 0 Å². The number of hydrogen-bond donors (Lipinski definition) is 1. The van der Waals surface area contributed by atoms with Crippen LogP contribution in [0.4, 0.5) is 18.9 Å². The zero-order valence-corrected chi connectivity index (χ0v) is 19.7. The fourth-order valence-corrected chi connectivity index (χ4v) is 4.45. The number of nitrogens with one attached hydrogen (secondary N) is 1. The SMILES string of the molecule is CC(C)(C)C(=O)N1CCCC1C(=O)NCCCN1CCN(c2cccc(C(F)(F)F)c2)CC1. The van der Waals surface area contributed by atoms with Crippen molar-refractivity contribution in [2.45, 2.75) is 52.3 Å². The van der Waals surface area contributed by atoms with Gasteiger partial charge in [0.1, 0.15) is 6.04 Å². The molecular formula is C24H35F3N4O2. The van der Waals surface area contributed by atoms with Gasteiger partial charge in [-0.15, -0.1) is 0 Å². The smallest absolute Gasteiger partial charge is 0.369 e. The number of rotatable bonds is 6. The van der Waals surface area contributed by atoms with E-state index in [2.05, 4.69) is 10.2 Å². The van der Waals surface area contributed by atoms with Gasteiger partial charge in [-0.2, -0.15) is 13.2 Å². The molecule has 1 unspecified atom stereocenters. The fraction of sp³-hybridized carbons (Fsp3) is 0.667. The molecule has 2 heterocycles. The second-order valence-electron chi connectivity index (χ2n) is 9.93. The Morgan fingerprint density at radius 3 is 2.39 bits per heavy atom. The molecule has 2 fully saturated rings. The van der Waals surface area contributed by atoms with Crippen LogP contribution in [0.3, 0.4) is 0 Å². The lowest BCUT2D eigenvalue weighted by molar-refractivity contribution is -0.144. The Kier molecular flexibility index (Phi) is 7.92. The van der Waals surface area contributed by atoms with Gasteiger partial charge >= 0.3 is 6.18 Å². The van der Waals surface area contributed by atoms with Crippen molar-refractivity contribution in [3.05, 3.63) is 29.8 Å². The molecule has 1 atom stereocenters. The second kappa shape index (κ2) is 10.3. The summed E-state index contributed by atoms with van der Waals surface area (Å²) in [7, 11) is 0. The van der Waals surface area contributed by atoms with Crippen LogP contribution in [-0.2, 0) is 15.8 Å². The van der Waals surface area contributed by atoms with Crippen LogP contribution in [0.25, 0.3) is 0 Å². The van der Waals surface area contributed by atoms with Crippen molar-refractivity contribution in [2.24, 2.45) is 5.41 Å². The van der Waals surface area contributed by atoms with Crippen LogP contribution in [0.5, 0.6) is 0 Å². The van der Waals surface area contributed by atoms with Gasteiger partial charge < -0.3 is 15.1 Å². The summed E-state index contributed by atoms with van der Waals surface area (Å²) in [5.74, 6) is -0.0711. The van der Waals surface area contributed by atoms with Crippen molar-refractivity contribution in [2.75, 3.05) is 50.7 Å². The first kappa shape index (κ1) is 25.3. The molecule has 0 spiro atoms. The molecule has 1 aromatic carbocycles. The number of hydrogen-bond acceptors (Lipinski definition) is 4. The average Bonchev–Trinajstić information content (AvgIpc) is 3.25. The van der Waals surface area contributed by atoms with E-state index in [1.54, 1.807) is 11.0 Å². The highest BCUT2D eigenvalue weighted by Gasteiger charge is 2.38. The highest BCUT2D eigenvalue weighted by molar-refractivity contribution is 5.90. The second-order valence-corrected chi connectivity index (χ2v) is 9.93. The molecule has 0 radical (unpaired) electrons. The molecule has 184 valence electrons. The third kappa shape index (κ3) is 6.62. The van der Waals surface area contributed by atoms with E-state index in [-0.39, 0.29) is 17.9 Å². The van der Waals surface area contributed by atoms with Crippen molar-refractivity contribution in [3.8, 4) is 0 Å². The zero-order chi connectivity index (χ0) is 24.2. The maximum Gasteiger partial charge on any atom is 0.416 e. The minimum atomic E-state index is -4.34. The van der Waals surface area contributed by atoms with Crippen LogP contribution in [-0.4, -0.2) is 73.5 Å². The van der Waals surface area contributed by atoms with E-state index in [0.717, 1.165) is 38.5 Å². The van der Waals surface area contributed by atoms with Crippen molar-refractivity contribution >= 4 is 17.5 Å². The number of likely N-dealkylation sites (tertiary alicyclic amines) is 1. The van der Waals surface area contributed by atoms with Crippen molar-refractivity contribution in [1.82, 2.24) is 15.1 Å². The van der Waals surface area contributed by atoms with Crippen LogP contribution in [0.1, 0.15) is 45.6 Å². The Balaban J connectivity index is 1.39. The molecule has 0 aliphatic carbocycles. The molecule has 0 saturated carbocycles. The predicted molar refractivity (Wildman–Crippen MR) is 122 cm³/mol. The lowest BCUT2D eigenvalue weighted by Gasteiger charge is -2.36. The van der Waals surface area contributed by atoms with E-state index < -0.39 is 17.2 Å². The van der Waals surface area contributed by atoms with Gasteiger partial charge in [0.2, 0.25) is 11.8 Å². The number of anilines is 1.